The van der Waals surface area contributed by atoms with E-state index in [1.165, 1.54) is 19.2 Å². The Balaban J connectivity index is 1.79. The summed E-state index contributed by atoms with van der Waals surface area (Å²) in [6.45, 7) is 1.91. The maximum atomic E-state index is 13.9. The van der Waals surface area contributed by atoms with Gasteiger partial charge in [0.2, 0.25) is 5.91 Å². The second-order valence-corrected chi connectivity index (χ2v) is 8.41. The minimum Gasteiger partial charge on any atom is -0.467 e. The topological polar surface area (TPSA) is 64.6 Å². The minimum absolute atomic E-state index is 0.0618. The summed E-state index contributed by atoms with van der Waals surface area (Å²) in [6, 6.07) is 10.3. The molecule has 2 aromatic rings. The largest absolute Gasteiger partial charge is 0.467 e. The zero-order valence-electron chi connectivity index (χ0n) is 18.0. The first-order valence-electron chi connectivity index (χ1n) is 10.2. The zero-order chi connectivity index (χ0) is 22.6. The average molecular weight is 448 g/mol. The molecular formula is C24H27ClFNO4. The first-order valence-corrected chi connectivity index (χ1v) is 10.6. The number of methoxy groups -OCH3 is 2. The number of nitrogens with one attached hydrogen (secondary N) is 1. The molecule has 1 aliphatic carbocycles. The molecule has 1 amide bonds. The van der Waals surface area contributed by atoms with Crippen LogP contribution in [0.25, 0.3) is 11.1 Å². The lowest BCUT2D eigenvalue weighted by molar-refractivity contribution is -0.153. The monoisotopic (exact) mass is 447 g/mol. The molecule has 0 spiro atoms. The van der Waals surface area contributed by atoms with Crippen LogP contribution in [-0.2, 0) is 25.5 Å². The minimum atomic E-state index is -1.04. The molecule has 1 N–H and O–H groups in total. The number of benzene rings is 2. The smallest absolute Gasteiger partial charge is 0.331 e. The van der Waals surface area contributed by atoms with E-state index < -0.39 is 17.3 Å². The SMILES string of the molecule is COC(=O)[C@]1(NC(=O)Cc2cc(-c3ccc(Cl)c(F)c3)ccc2C)CC[C@@H](OC)CC1. The van der Waals surface area contributed by atoms with Crippen LogP contribution in [0.2, 0.25) is 5.02 Å². The number of amides is 1. The van der Waals surface area contributed by atoms with Gasteiger partial charge in [0, 0.05) is 7.11 Å². The molecule has 0 unspecified atom stereocenters. The number of ether oxygens (including phenoxy) is 2. The quantitative estimate of drug-likeness (QED) is 0.656. The number of hydrogen-bond donors (Lipinski definition) is 1. The fourth-order valence-electron chi connectivity index (χ4n) is 4.10. The zero-order valence-corrected chi connectivity index (χ0v) is 18.7. The number of hydrogen-bond acceptors (Lipinski definition) is 4. The molecule has 1 saturated carbocycles. The fourth-order valence-corrected chi connectivity index (χ4v) is 4.21. The molecule has 0 radical (unpaired) electrons. The van der Waals surface area contributed by atoms with E-state index in [2.05, 4.69) is 5.32 Å². The lowest BCUT2D eigenvalue weighted by atomic mass is 9.80. The summed E-state index contributed by atoms with van der Waals surface area (Å²) in [7, 11) is 2.98. The molecule has 0 saturated heterocycles. The van der Waals surface area contributed by atoms with Gasteiger partial charge < -0.3 is 14.8 Å². The van der Waals surface area contributed by atoms with Crippen LogP contribution in [-0.4, -0.2) is 37.7 Å². The first-order chi connectivity index (χ1) is 14.8. The van der Waals surface area contributed by atoms with Crippen LogP contribution >= 0.6 is 11.6 Å². The standard InChI is InChI=1S/C24H27ClFNO4/c1-15-4-5-16(17-6-7-20(25)21(26)13-17)12-18(15)14-22(28)27-24(23(29)31-3)10-8-19(30-2)9-11-24/h4-7,12-13,19H,8-11,14H2,1-3H3,(H,27,28)/t19-,24+. The van der Waals surface area contributed by atoms with E-state index in [4.69, 9.17) is 21.1 Å². The van der Waals surface area contributed by atoms with Gasteiger partial charge in [0.05, 0.1) is 24.7 Å². The molecule has 2 aromatic carbocycles. The van der Waals surface area contributed by atoms with Crippen LogP contribution in [0, 0.1) is 12.7 Å². The number of rotatable bonds is 6. The number of carbonyl (C=O) groups excluding carboxylic acids is 2. The van der Waals surface area contributed by atoms with Crippen LogP contribution in [0.3, 0.4) is 0 Å². The highest BCUT2D eigenvalue weighted by molar-refractivity contribution is 6.30. The Labute approximate surface area is 186 Å². The Kier molecular flexibility index (Phi) is 7.34. The van der Waals surface area contributed by atoms with Gasteiger partial charge in [-0.25, -0.2) is 9.18 Å². The third kappa shape index (κ3) is 5.25. The summed E-state index contributed by atoms with van der Waals surface area (Å²) in [5, 5.41) is 2.99. The third-order valence-electron chi connectivity index (χ3n) is 6.03. The summed E-state index contributed by atoms with van der Waals surface area (Å²) in [5.41, 5.74) is 2.16. The van der Waals surface area contributed by atoms with Crippen molar-refractivity contribution in [3.63, 3.8) is 0 Å². The molecule has 166 valence electrons. The van der Waals surface area contributed by atoms with Crippen molar-refractivity contribution in [2.24, 2.45) is 0 Å². The molecule has 0 bridgehead atoms. The normalized spacial score (nSPS) is 20.9. The van der Waals surface area contributed by atoms with E-state index in [1.54, 1.807) is 13.2 Å². The van der Waals surface area contributed by atoms with Gasteiger partial charge in [0.15, 0.2) is 0 Å². The Morgan fingerprint density at radius 1 is 1.13 bits per heavy atom. The summed E-state index contributed by atoms with van der Waals surface area (Å²) in [4.78, 5) is 25.4. The number of halogens is 2. The summed E-state index contributed by atoms with van der Waals surface area (Å²) < 4.78 is 24.3. The van der Waals surface area contributed by atoms with Crippen LogP contribution in [0.15, 0.2) is 36.4 Å². The molecule has 1 aliphatic rings. The number of aryl methyl sites for hydroxylation is 1. The predicted molar refractivity (Wildman–Crippen MR) is 117 cm³/mol. The predicted octanol–water partition coefficient (Wildman–Crippen LogP) is 4.61. The molecule has 1 fully saturated rings. The lowest BCUT2D eigenvalue weighted by Gasteiger charge is -2.38. The maximum absolute atomic E-state index is 13.9. The molecule has 0 atom stereocenters. The molecule has 31 heavy (non-hydrogen) atoms. The molecule has 5 nitrogen and oxygen atoms in total. The van der Waals surface area contributed by atoms with Crippen molar-refractivity contribution >= 4 is 23.5 Å². The second kappa shape index (κ2) is 9.79. The highest BCUT2D eigenvalue weighted by atomic mass is 35.5. The molecule has 7 heteroatoms. The highest BCUT2D eigenvalue weighted by Gasteiger charge is 2.44. The molecule has 0 aliphatic heterocycles. The third-order valence-corrected chi connectivity index (χ3v) is 6.33. The average Bonchev–Trinajstić information content (AvgIpc) is 2.77. The highest BCUT2D eigenvalue weighted by Crippen LogP contribution is 2.31. The van der Waals surface area contributed by atoms with E-state index in [0.29, 0.717) is 31.2 Å². The van der Waals surface area contributed by atoms with Crippen molar-refractivity contribution in [3.8, 4) is 11.1 Å². The second-order valence-electron chi connectivity index (χ2n) is 8.00. The van der Waals surface area contributed by atoms with Gasteiger partial charge in [-0.3, -0.25) is 4.79 Å². The van der Waals surface area contributed by atoms with Crippen molar-refractivity contribution in [2.75, 3.05) is 14.2 Å². The van der Waals surface area contributed by atoms with Crippen molar-refractivity contribution in [3.05, 3.63) is 58.4 Å². The van der Waals surface area contributed by atoms with Crippen LogP contribution < -0.4 is 5.32 Å². The van der Waals surface area contributed by atoms with Crippen LogP contribution in [0.1, 0.15) is 36.8 Å². The van der Waals surface area contributed by atoms with Crippen molar-refractivity contribution < 1.29 is 23.5 Å². The van der Waals surface area contributed by atoms with Gasteiger partial charge in [-0.15, -0.1) is 0 Å². The Morgan fingerprint density at radius 3 is 2.39 bits per heavy atom. The Morgan fingerprint density at radius 2 is 1.77 bits per heavy atom. The number of esters is 1. The van der Waals surface area contributed by atoms with Gasteiger partial charge in [-0.05, 0) is 67.0 Å². The van der Waals surface area contributed by atoms with Crippen molar-refractivity contribution in [1.82, 2.24) is 5.32 Å². The summed E-state index contributed by atoms with van der Waals surface area (Å²) in [5.74, 6) is -1.19. The number of carbonyl (C=O) groups is 2. The van der Waals surface area contributed by atoms with E-state index in [9.17, 15) is 14.0 Å². The lowest BCUT2D eigenvalue weighted by Crippen LogP contribution is -2.57. The Hall–Kier alpha value is -2.44. The fraction of sp³-hybridized carbons (Fsp3) is 0.417. The molecule has 0 heterocycles. The van der Waals surface area contributed by atoms with E-state index in [-0.39, 0.29) is 23.5 Å². The van der Waals surface area contributed by atoms with Crippen LogP contribution in [0.5, 0.6) is 0 Å². The van der Waals surface area contributed by atoms with Gasteiger partial charge in [-0.2, -0.15) is 0 Å². The van der Waals surface area contributed by atoms with Gasteiger partial charge >= 0.3 is 5.97 Å². The maximum Gasteiger partial charge on any atom is 0.331 e. The van der Waals surface area contributed by atoms with Crippen molar-refractivity contribution in [2.45, 2.75) is 50.7 Å². The van der Waals surface area contributed by atoms with Gasteiger partial charge in [0.1, 0.15) is 11.4 Å². The molecule has 3 rings (SSSR count). The first kappa shape index (κ1) is 23.2. The Bertz CT molecular complexity index is 970. The van der Waals surface area contributed by atoms with Gasteiger partial charge in [0.25, 0.3) is 0 Å². The molecule has 0 aromatic heterocycles. The van der Waals surface area contributed by atoms with E-state index in [0.717, 1.165) is 16.7 Å². The van der Waals surface area contributed by atoms with E-state index in [1.807, 2.05) is 25.1 Å². The molecular weight excluding hydrogens is 421 g/mol. The van der Waals surface area contributed by atoms with E-state index >= 15 is 0 Å². The van der Waals surface area contributed by atoms with Crippen LogP contribution in [0.4, 0.5) is 4.39 Å². The van der Waals surface area contributed by atoms with Gasteiger partial charge in [-0.1, -0.05) is 35.9 Å². The summed E-state index contributed by atoms with van der Waals surface area (Å²) >= 11 is 5.78. The summed E-state index contributed by atoms with van der Waals surface area (Å²) in [6.07, 6.45) is 2.45. The van der Waals surface area contributed by atoms with Crippen molar-refractivity contribution in [1.29, 1.82) is 0 Å².